The van der Waals surface area contributed by atoms with Crippen molar-refractivity contribution in [3.8, 4) is 0 Å². The van der Waals surface area contributed by atoms with Gasteiger partial charge in [0.2, 0.25) is 0 Å². The average Bonchev–Trinajstić information content (AvgIpc) is 2.74. The highest BCUT2D eigenvalue weighted by atomic mass is 79.9. The minimum Gasteiger partial charge on any atom is -0.465 e. The molecule has 15 heavy (non-hydrogen) atoms. The first-order chi connectivity index (χ1) is 7.09. The molecule has 0 aliphatic rings. The van der Waals surface area contributed by atoms with Crippen LogP contribution in [0.5, 0.6) is 0 Å². The van der Waals surface area contributed by atoms with Gasteiger partial charge in [0, 0.05) is 14.2 Å². The molecule has 5 heteroatoms. The van der Waals surface area contributed by atoms with Gasteiger partial charge in [-0.2, -0.15) is 0 Å². The van der Waals surface area contributed by atoms with E-state index < -0.39 is 6.10 Å². The van der Waals surface area contributed by atoms with E-state index in [1.54, 1.807) is 23.7 Å². The standard InChI is InChI=1S/C10H8Br2O2S/c1-5-7(12)4-8(15-5)9(13)10-6(11)2-3-14-10/h2-4,9,13H,1H3. The molecule has 2 heterocycles. The normalized spacial score (nSPS) is 13.1. The number of hydrogen-bond acceptors (Lipinski definition) is 3. The van der Waals surface area contributed by atoms with Gasteiger partial charge in [-0.25, -0.2) is 0 Å². The van der Waals surface area contributed by atoms with Crippen molar-refractivity contribution < 1.29 is 9.52 Å². The molecule has 2 rings (SSSR count). The van der Waals surface area contributed by atoms with Crippen LogP contribution in [0.3, 0.4) is 0 Å². The zero-order chi connectivity index (χ0) is 11.0. The molecular formula is C10H8Br2O2S. The number of rotatable bonds is 2. The molecule has 0 bridgehead atoms. The third kappa shape index (κ3) is 2.20. The van der Waals surface area contributed by atoms with Crippen molar-refractivity contribution in [2.24, 2.45) is 0 Å². The van der Waals surface area contributed by atoms with Crippen LogP contribution >= 0.6 is 43.2 Å². The molecule has 1 atom stereocenters. The van der Waals surface area contributed by atoms with Crippen LogP contribution < -0.4 is 0 Å². The third-order valence-electron chi connectivity index (χ3n) is 2.04. The minimum atomic E-state index is -0.704. The molecule has 80 valence electrons. The maximum atomic E-state index is 10.1. The highest BCUT2D eigenvalue weighted by molar-refractivity contribution is 9.10. The summed E-state index contributed by atoms with van der Waals surface area (Å²) < 4.78 is 7.03. The predicted octanol–water partition coefficient (Wildman–Crippen LogP) is 4.26. The molecule has 0 radical (unpaired) electrons. The van der Waals surface area contributed by atoms with Crippen LogP contribution in [0.2, 0.25) is 0 Å². The van der Waals surface area contributed by atoms with Crippen LogP contribution in [-0.4, -0.2) is 5.11 Å². The van der Waals surface area contributed by atoms with Crippen LogP contribution in [0.15, 0.2) is 31.8 Å². The Morgan fingerprint density at radius 3 is 2.60 bits per heavy atom. The Hall–Kier alpha value is -0.100. The number of aryl methyl sites for hydroxylation is 1. The van der Waals surface area contributed by atoms with Crippen molar-refractivity contribution in [2.45, 2.75) is 13.0 Å². The van der Waals surface area contributed by atoms with E-state index in [0.29, 0.717) is 5.76 Å². The summed E-state index contributed by atoms with van der Waals surface area (Å²) in [6.45, 7) is 2.00. The predicted molar refractivity (Wildman–Crippen MR) is 67.2 cm³/mol. The van der Waals surface area contributed by atoms with Crippen LogP contribution in [0.4, 0.5) is 0 Å². The number of halogens is 2. The van der Waals surface area contributed by atoms with Crippen molar-refractivity contribution in [3.63, 3.8) is 0 Å². The Labute approximate surface area is 108 Å². The zero-order valence-corrected chi connectivity index (χ0v) is 11.8. The minimum absolute atomic E-state index is 0.545. The molecule has 2 aromatic rings. The number of aliphatic hydroxyl groups excluding tert-OH is 1. The lowest BCUT2D eigenvalue weighted by molar-refractivity contribution is 0.192. The fourth-order valence-corrected chi connectivity index (χ4v) is 3.21. The third-order valence-corrected chi connectivity index (χ3v) is 4.88. The van der Waals surface area contributed by atoms with Gasteiger partial charge in [-0.3, -0.25) is 0 Å². The van der Waals surface area contributed by atoms with Crippen LogP contribution in [0, 0.1) is 6.92 Å². The van der Waals surface area contributed by atoms with E-state index in [1.807, 2.05) is 13.0 Å². The van der Waals surface area contributed by atoms with Crippen LogP contribution in [0.1, 0.15) is 21.6 Å². The molecule has 0 aromatic carbocycles. The highest BCUT2D eigenvalue weighted by Crippen LogP contribution is 2.36. The molecule has 0 saturated heterocycles. The molecule has 1 unspecified atom stereocenters. The van der Waals surface area contributed by atoms with Crippen molar-refractivity contribution >= 4 is 43.2 Å². The van der Waals surface area contributed by atoms with Crippen molar-refractivity contribution in [1.82, 2.24) is 0 Å². The number of thiophene rings is 1. The number of aliphatic hydroxyl groups is 1. The zero-order valence-electron chi connectivity index (χ0n) is 7.83. The molecule has 0 spiro atoms. The van der Waals surface area contributed by atoms with Crippen molar-refractivity contribution in [2.75, 3.05) is 0 Å². The number of furan rings is 1. The number of hydrogen-bond donors (Lipinski definition) is 1. The quantitative estimate of drug-likeness (QED) is 0.877. The lowest BCUT2D eigenvalue weighted by Crippen LogP contribution is -1.95. The van der Waals surface area contributed by atoms with Crippen LogP contribution in [0.25, 0.3) is 0 Å². The van der Waals surface area contributed by atoms with Gasteiger partial charge in [0.1, 0.15) is 6.10 Å². The molecule has 2 aromatic heterocycles. The SMILES string of the molecule is Cc1sc(C(O)c2occc2Br)cc1Br. The summed E-state index contributed by atoms with van der Waals surface area (Å²) in [4.78, 5) is 2.02. The van der Waals surface area contributed by atoms with Gasteiger partial charge in [0.15, 0.2) is 5.76 Å². The Kier molecular flexibility index (Phi) is 3.35. The second-order valence-corrected chi connectivity index (χ2v) is 6.08. The van der Waals surface area contributed by atoms with Gasteiger partial charge in [-0.15, -0.1) is 11.3 Å². The second-order valence-electron chi connectivity index (χ2n) is 3.09. The average molecular weight is 352 g/mol. The van der Waals surface area contributed by atoms with E-state index in [2.05, 4.69) is 31.9 Å². The van der Waals surface area contributed by atoms with E-state index in [1.165, 1.54) is 0 Å². The molecule has 0 fully saturated rings. The van der Waals surface area contributed by atoms with Gasteiger partial charge in [-0.05, 0) is 50.9 Å². The maximum Gasteiger partial charge on any atom is 0.151 e. The first-order valence-electron chi connectivity index (χ1n) is 4.26. The first kappa shape index (κ1) is 11.4. The molecule has 0 aliphatic carbocycles. The molecule has 1 N–H and O–H groups in total. The topological polar surface area (TPSA) is 33.4 Å². The van der Waals surface area contributed by atoms with E-state index in [-0.39, 0.29) is 0 Å². The Balaban J connectivity index is 2.36. The van der Waals surface area contributed by atoms with Gasteiger partial charge < -0.3 is 9.52 Å². The monoisotopic (exact) mass is 350 g/mol. The lowest BCUT2D eigenvalue weighted by atomic mass is 10.2. The summed E-state index contributed by atoms with van der Waals surface area (Å²) in [7, 11) is 0. The second kappa shape index (κ2) is 4.41. The maximum absolute atomic E-state index is 10.1. The van der Waals surface area contributed by atoms with Crippen molar-refractivity contribution in [3.05, 3.63) is 42.9 Å². The van der Waals surface area contributed by atoms with Crippen LogP contribution in [-0.2, 0) is 0 Å². The molecule has 0 saturated carbocycles. The molecular weight excluding hydrogens is 344 g/mol. The smallest absolute Gasteiger partial charge is 0.151 e. The van der Waals surface area contributed by atoms with Gasteiger partial charge in [-0.1, -0.05) is 0 Å². The summed E-state index contributed by atoms with van der Waals surface area (Å²) in [5.41, 5.74) is 0. The van der Waals surface area contributed by atoms with Crippen molar-refractivity contribution in [1.29, 1.82) is 0 Å². The molecule has 0 aliphatic heterocycles. The Morgan fingerprint density at radius 1 is 1.40 bits per heavy atom. The fraction of sp³-hybridized carbons (Fsp3) is 0.200. The highest BCUT2D eigenvalue weighted by Gasteiger charge is 2.19. The Morgan fingerprint density at radius 2 is 2.13 bits per heavy atom. The summed E-state index contributed by atoms with van der Waals surface area (Å²) in [6, 6.07) is 3.69. The summed E-state index contributed by atoms with van der Waals surface area (Å²) in [6.07, 6.45) is 0.849. The Bertz CT molecular complexity index is 456. The molecule has 0 amide bonds. The summed E-state index contributed by atoms with van der Waals surface area (Å²) in [5, 5.41) is 10.1. The first-order valence-corrected chi connectivity index (χ1v) is 6.66. The van der Waals surface area contributed by atoms with Gasteiger partial charge >= 0.3 is 0 Å². The lowest BCUT2D eigenvalue weighted by Gasteiger charge is -2.04. The summed E-state index contributed by atoms with van der Waals surface area (Å²) >= 11 is 8.30. The van der Waals surface area contributed by atoms with E-state index >= 15 is 0 Å². The van der Waals surface area contributed by atoms with E-state index in [9.17, 15) is 5.11 Å². The van der Waals surface area contributed by atoms with Gasteiger partial charge in [0.05, 0.1) is 10.7 Å². The largest absolute Gasteiger partial charge is 0.465 e. The van der Waals surface area contributed by atoms with Gasteiger partial charge in [0.25, 0.3) is 0 Å². The summed E-state index contributed by atoms with van der Waals surface area (Å²) in [5.74, 6) is 0.545. The molecule has 2 nitrogen and oxygen atoms in total. The van der Waals surface area contributed by atoms with E-state index in [4.69, 9.17) is 4.42 Å². The fourth-order valence-electron chi connectivity index (χ4n) is 1.25. The van der Waals surface area contributed by atoms with E-state index in [0.717, 1.165) is 18.7 Å².